The Kier molecular flexibility index (Phi) is 3.72. The first-order chi connectivity index (χ1) is 12.5. The van der Waals surface area contributed by atoms with Gasteiger partial charge < -0.3 is 5.32 Å². The van der Waals surface area contributed by atoms with Crippen LogP contribution in [0.4, 0.5) is 0 Å². The SMILES string of the molecule is Cc1nc2cc(=O)[nH]n2c(C)c1CNC(=O)c1cnc2ccccc2n1. The molecular weight excluding hydrogens is 332 g/mol. The van der Waals surface area contributed by atoms with Crippen LogP contribution in [-0.2, 0) is 6.54 Å². The minimum absolute atomic E-state index is 0.215. The normalized spacial score (nSPS) is 11.2. The van der Waals surface area contributed by atoms with Crippen molar-refractivity contribution in [2.45, 2.75) is 20.4 Å². The number of rotatable bonds is 3. The highest BCUT2D eigenvalue weighted by Crippen LogP contribution is 2.13. The highest BCUT2D eigenvalue weighted by atomic mass is 16.2. The average Bonchev–Trinajstić information content (AvgIpc) is 3.01. The van der Waals surface area contributed by atoms with Crippen molar-refractivity contribution in [1.82, 2.24) is 29.9 Å². The van der Waals surface area contributed by atoms with E-state index in [1.807, 2.05) is 38.1 Å². The number of para-hydroxylation sites is 2. The smallest absolute Gasteiger partial charge is 0.271 e. The Morgan fingerprint density at radius 1 is 1.19 bits per heavy atom. The predicted octanol–water partition coefficient (Wildman–Crippen LogP) is 1.51. The maximum Gasteiger partial charge on any atom is 0.271 e. The molecule has 1 amide bonds. The van der Waals surface area contributed by atoms with Crippen molar-refractivity contribution in [3.63, 3.8) is 0 Å². The second-order valence-corrected chi connectivity index (χ2v) is 6.00. The van der Waals surface area contributed by atoms with Crippen LogP contribution in [0.5, 0.6) is 0 Å². The summed E-state index contributed by atoms with van der Waals surface area (Å²) in [5.41, 5.74) is 4.41. The van der Waals surface area contributed by atoms with Gasteiger partial charge in [-0.25, -0.2) is 14.5 Å². The summed E-state index contributed by atoms with van der Waals surface area (Å²) in [7, 11) is 0. The van der Waals surface area contributed by atoms with Gasteiger partial charge in [-0.1, -0.05) is 12.1 Å². The fourth-order valence-corrected chi connectivity index (χ4v) is 2.94. The summed E-state index contributed by atoms with van der Waals surface area (Å²) in [5, 5.41) is 5.54. The summed E-state index contributed by atoms with van der Waals surface area (Å²) in [6, 6.07) is 8.82. The van der Waals surface area contributed by atoms with Crippen LogP contribution in [0, 0.1) is 13.8 Å². The van der Waals surface area contributed by atoms with E-state index in [2.05, 4.69) is 25.4 Å². The van der Waals surface area contributed by atoms with Gasteiger partial charge >= 0.3 is 0 Å². The van der Waals surface area contributed by atoms with Gasteiger partial charge in [0, 0.05) is 29.6 Å². The molecule has 0 aliphatic carbocycles. The van der Waals surface area contributed by atoms with E-state index in [0.717, 1.165) is 22.5 Å². The van der Waals surface area contributed by atoms with E-state index in [-0.39, 0.29) is 23.7 Å². The van der Waals surface area contributed by atoms with Gasteiger partial charge in [0.15, 0.2) is 5.65 Å². The van der Waals surface area contributed by atoms with Gasteiger partial charge in [-0.2, -0.15) is 0 Å². The number of aryl methyl sites for hydroxylation is 2. The monoisotopic (exact) mass is 348 g/mol. The van der Waals surface area contributed by atoms with Crippen LogP contribution >= 0.6 is 0 Å². The topological polar surface area (TPSA) is 105 Å². The lowest BCUT2D eigenvalue weighted by atomic mass is 10.1. The van der Waals surface area contributed by atoms with Crippen LogP contribution in [-0.4, -0.2) is 30.5 Å². The molecule has 0 bridgehead atoms. The molecule has 1 aromatic carbocycles. The standard InChI is InChI=1S/C18H16N6O2/c1-10-12(11(2)24-16(21-10)7-17(25)23-24)8-20-18(26)15-9-19-13-5-3-4-6-14(13)22-15/h3-7,9H,8H2,1-2H3,(H,20,26)(H,23,25). The number of amides is 1. The molecule has 26 heavy (non-hydrogen) atoms. The number of benzene rings is 1. The minimum Gasteiger partial charge on any atom is -0.346 e. The Bertz CT molecular complexity index is 1210. The molecule has 0 unspecified atom stereocenters. The molecule has 3 aromatic heterocycles. The molecule has 0 spiro atoms. The molecule has 0 aliphatic heterocycles. The zero-order valence-corrected chi connectivity index (χ0v) is 14.3. The summed E-state index contributed by atoms with van der Waals surface area (Å²) >= 11 is 0. The second kappa shape index (κ2) is 6.07. The predicted molar refractivity (Wildman–Crippen MR) is 96.0 cm³/mol. The van der Waals surface area contributed by atoms with E-state index in [1.54, 1.807) is 4.52 Å². The molecule has 4 aromatic rings. The highest BCUT2D eigenvalue weighted by molar-refractivity contribution is 5.93. The third-order valence-electron chi connectivity index (χ3n) is 4.31. The number of hydrogen-bond acceptors (Lipinski definition) is 5. The summed E-state index contributed by atoms with van der Waals surface area (Å²) in [6.45, 7) is 3.99. The van der Waals surface area contributed by atoms with Crippen LogP contribution in [0.3, 0.4) is 0 Å². The van der Waals surface area contributed by atoms with Crippen molar-refractivity contribution < 1.29 is 4.79 Å². The molecule has 4 rings (SSSR count). The number of nitrogens with zero attached hydrogens (tertiary/aromatic N) is 4. The Balaban J connectivity index is 1.60. The third kappa shape index (κ3) is 2.71. The van der Waals surface area contributed by atoms with E-state index in [1.165, 1.54) is 12.3 Å². The van der Waals surface area contributed by atoms with Gasteiger partial charge in [0.05, 0.1) is 17.2 Å². The van der Waals surface area contributed by atoms with E-state index in [9.17, 15) is 9.59 Å². The van der Waals surface area contributed by atoms with Crippen LogP contribution in [0.25, 0.3) is 16.7 Å². The van der Waals surface area contributed by atoms with Gasteiger partial charge in [-0.15, -0.1) is 0 Å². The molecule has 0 fully saturated rings. The Labute approximate surface area is 147 Å². The van der Waals surface area contributed by atoms with Gasteiger partial charge in [0.25, 0.3) is 11.5 Å². The molecule has 8 nitrogen and oxygen atoms in total. The first-order valence-electron chi connectivity index (χ1n) is 8.11. The molecule has 0 saturated heterocycles. The van der Waals surface area contributed by atoms with Crippen LogP contribution in [0.1, 0.15) is 27.4 Å². The fourth-order valence-electron chi connectivity index (χ4n) is 2.94. The largest absolute Gasteiger partial charge is 0.346 e. The van der Waals surface area contributed by atoms with Crippen molar-refractivity contribution in [1.29, 1.82) is 0 Å². The number of fused-ring (bicyclic) bond motifs is 2. The minimum atomic E-state index is -0.317. The molecule has 130 valence electrons. The number of aromatic amines is 1. The molecule has 2 N–H and O–H groups in total. The van der Waals surface area contributed by atoms with E-state index >= 15 is 0 Å². The maximum absolute atomic E-state index is 12.5. The highest BCUT2D eigenvalue weighted by Gasteiger charge is 2.14. The quantitative estimate of drug-likeness (QED) is 0.584. The Hall–Kier alpha value is -3.55. The number of nitrogens with one attached hydrogen (secondary N) is 2. The zero-order chi connectivity index (χ0) is 18.3. The van der Waals surface area contributed by atoms with Gasteiger partial charge in [-0.3, -0.25) is 19.7 Å². The first-order valence-corrected chi connectivity index (χ1v) is 8.11. The van der Waals surface area contributed by atoms with Crippen molar-refractivity contribution in [2.75, 3.05) is 0 Å². The zero-order valence-electron chi connectivity index (χ0n) is 14.3. The first kappa shape index (κ1) is 15.9. The molecule has 3 heterocycles. The lowest BCUT2D eigenvalue weighted by Crippen LogP contribution is -2.25. The maximum atomic E-state index is 12.5. The van der Waals surface area contributed by atoms with Crippen LogP contribution in [0.15, 0.2) is 41.3 Å². The van der Waals surface area contributed by atoms with Crippen molar-refractivity contribution in [3.05, 3.63) is 69.5 Å². The number of aromatic nitrogens is 5. The van der Waals surface area contributed by atoms with Gasteiger partial charge in [-0.05, 0) is 26.0 Å². The summed E-state index contributed by atoms with van der Waals surface area (Å²) in [4.78, 5) is 37.0. The van der Waals surface area contributed by atoms with E-state index in [0.29, 0.717) is 11.2 Å². The molecule has 0 atom stereocenters. The average molecular weight is 348 g/mol. The second-order valence-electron chi connectivity index (χ2n) is 6.00. The summed E-state index contributed by atoms with van der Waals surface area (Å²) < 4.78 is 1.62. The van der Waals surface area contributed by atoms with Crippen LogP contribution < -0.4 is 10.9 Å². The number of hydrogen-bond donors (Lipinski definition) is 2. The number of carbonyl (C=O) groups is 1. The lowest BCUT2D eigenvalue weighted by Gasteiger charge is -2.12. The Morgan fingerprint density at radius 3 is 2.77 bits per heavy atom. The molecule has 0 aliphatic rings. The van der Waals surface area contributed by atoms with Gasteiger partial charge in [0.1, 0.15) is 5.69 Å². The third-order valence-corrected chi connectivity index (χ3v) is 4.31. The van der Waals surface area contributed by atoms with Crippen molar-refractivity contribution in [2.24, 2.45) is 0 Å². The molecule has 8 heteroatoms. The van der Waals surface area contributed by atoms with E-state index < -0.39 is 0 Å². The number of carbonyl (C=O) groups excluding carboxylic acids is 1. The fraction of sp³-hybridized carbons (Fsp3) is 0.167. The Morgan fingerprint density at radius 2 is 1.96 bits per heavy atom. The summed E-state index contributed by atoms with van der Waals surface area (Å²) in [5.74, 6) is -0.317. The van der Waals surface area contributed by atoms with E-state index in [4.69, 9.17) is 0 Å². The van der Waals surface area contributed by atoms with Crippen molar-refractivity contribution >= 4 is 22.6 Å². The van der Waals surface area contributed by atoms with Crippen LogP contribution in [0.2, 0.25) is 0 Å². The van der Waals surface area contributed by atoms with Gasteiger partial charge in [0.2, 0.25) is 0 Å². The number of H-pyrrole nitrogens is 1. The van der Waals surface area contributed by atoms with Crippen molar-refractivity contribution in [3.8, 4) is 0 Å². The molecule has 0 saturated carbocycles. The molecule has 0 radical (unpaired) electrons. The lowest BCUT2D eigenvalue weighted by molar-refractivity contribution is 0.0945. The summed E-state index contributed by atoms with van der Waals surface area (Å²) in [6.07, 6.45) is 1.46. The molecular formula is C18H16N6O2.